The Labute approximate surface area is 164 Å². The molecular weight excluding hydrogens is 378 g/mol. The molecule has 8 heteroatoms. The van der Waals surface area contributed by atoms with Gasteiger partial charge in [-0.1, -0.05) is 47.4 Å². The van der Waals surface area contributed by atoms with Gasteiger partial charge < -0.3 is 10.3 Å². The van der Waals surface area contributed by atoms with Gasteiger partial charge in [-0.05, 0) is 43.7 Å². The van der Waals surface area contributed by atoms with Gasteiger partial charge in [0.15, 0.2) is 4.34 Å². The second-order valence-corrected chi connectivity index (χ2v) is 8.66. The Kier molecular flexibility index (Phi) is 4.91. The predicted molar refractivity (Wildman–Crippen MR) is 111 cm³/mol. The van der Waals surface area contributed by atoms with Crippen molar-refractivity contribution in [2.45, 2.75) is 23.4 Å². The lowest BCUT2D eigenvalue weighted by Crippen LogP contribution is -2.12. The largest absolute Gasteiger partial charge is 0.330 e. The highest BCUT2D eigenvalue weighted by Crippen LogP contribution is 2.36. The van der Waals surface area contributed by atoms with Crippen LogP contribution in [0, 0.1) is 6.92 Å². The number of nitrogens with zero attached hydrogens (tertiary/aromatic N) is 3. The molecule has 1 atom stereocenters. The lowest BCUT2D eigenvalue weighted by atomic mass is 10.2. The first-order chi connectivity index (χ1) is 13.1. The van der Waals surface area contributed by atoms with Gasteiger partial charge in [0.1, 0.15) is 5.82 Å². The number of rotatable bonds is 5. The molecule has 0 saturated carbocycles. The zero-order valence-electron chi connectivity index (χ0n) is 14.8. The smallest absolute Gasteiger partial charge is 0.258 e. The molecule has 4 rings (SSSR count). The van der Waals surface area contributed by atoms with Crippen molar-refractivity contribution in [1.29, 1.82) is 0 Å². The monoisotopic (exact) mass is 395 g/mol. The minimum Gasteiger partial charge on any atom is -0.330 e. The van der Waals surface area contributed by atoms with Gasteiger partial charge in [0.25, 0.3) is 5.56 Å². The van der Waals surface area contributed by atoms with E-state index in [-0.39, 0.29) is 10.8 Å². The van der Waals surface area contributed by atoms with Crippen molar-refractivity contribution in [2.24, 2.45) is 0 Å². The van der Waals surface area contributed by atoms with Crippen molar-refractivity contribution in [3.05, 3.63) is 70.3 Å². The summed E-state index contributed by atoms with van der Waals surface area (Å²) in [5, 5.41) is 13.0. The van der Waals surface area contributed by atoms with Crippen LogP contribution in [0.3, 0.4) is 0 Å². The van der Waals surface area contributed by atoms with E-state index in [1.165, 1.54) is 28.7 Å². The van der Waals surface area contributed by atoms with Gasteiger partial charge in [-0.15, -0.1) is 10.2 Å². The predicted octanol–water partition coefficient (Wildman–Crippen LogP) is 4.68. The van der Waals surface area contributed by atoms with Crippen LogP contribution in [0.4, 0.5) is 10.8 Å². The minimum absolute atomic E-state index is 0.0536. The van der Waals surface area contributed by atoms with Crippen molar-refractivity contribution in [3.63, 3.8) is 0 Å². The highest BCUT2D eigenvalue weighted by atomic mass is 32.2. The van der Waals surface area contributed by atoms with Gasteiger partial charge in [0.2, 0.25) is 5.13 Å². The summed E-state index contributed by atoms with van der Waals surface area (Å²) < 4.78 is 0.813. The zero-order chi connectivity index (χ0) is 18.8. The van der Waals surface area contributed by atoms with Crippen LogP contribution < -0.4 is 10.9 Å². The van der Waals surface area contributed by atoms with Crippen LogP contribution in [0.25, 0.3) is 10.9 Å². The third-order valence-electron chi connectivity index (χ3n) is 3.97. The molecule has 1 unspecified atom stereocenters. The van der Waals surface area contributed by atoms with Gasteiger partial charge in [-0.3, -0.25) is 4.79 Å². The molecule has 4 aromatic rings. The molecule has 27 heavy (non-hydrogen) atoms. The maximum atomic E-state index is 12.3. The molecule has 2 aromatic carbocycles. The SMILES string of the molecule is Cc1cccc(Nc2nnc(SC(C)c3nc4ccccc4c(=O)[nH]3)s2)c1. The first-order valence-electron chi connectivity index (χ1n) is 8.41. The number of aromatic amines is 1. The summed E-state index contributed by atoms with van der Waals surface area (Å²) >= 11 is 2.99. The molecule has 0 radical (unpaired) electrons. The Balaban J connectivity index is 1.51. The standard InChI is InChI=1S/C19H17N5OS2/c1-11-6-5-7-13(10-11)20-18-23-24-19(27-18)26-12(2)16-21-15-9-4-3-8-14(15)17(25)22-16/h3-10,12H,1-2H3,(H,20,23)(H,21,22,25). The summed E-state index contributed by atoms with van der Waals surface area (Å²) in [5.41, 5.74) is 2.74. The Hall–Kier alpha value is -2.71. The molecule has 136 valence electrons. The molecule has 6 nitrogen and oxygen atoms in total. The Morgan fingerprint density at radius 3 is 2.85 bits per heavy atom. The summed E-state index contributed by atoms with van der Waals surface area (Å²) in [6.45, 7) is 4.04. The van der Waals surface area contributed by atoms with Gasteiger partial charge in [-0.25, -0.2) is 4.98 Å². The number of aromatic nitrogens is 4. The Bertz CT molecular complexity index is 1150. The quantitative estimate of drug-likeness (QED) is 0.477. The van der Waals surface area contributed by atoms with E-state index in [9.17, 15) is 4.79 Å². The molecule has 2 aromatic heterocycles. The van der Waals surface area contributed by atoms with E-state index in [1.807, 2.05) is 50.2 Å². The van der Waals surface area contributed by atoms with Crippen LogP contribution in [0.5, 0.6) is 0 Å². The summed E-state index contributed by atoms with van der Waals surface area (Å²) in [4.78, 5) is 19.7. The molecule has 0 aliphatic carbocycles. The maximum absolute atomic E-state index is 12.3. The second-order valence-electron chi connectivity index (χ2n) is 6.10. The molecule has 0 fully saturated rings. The third-order valence-corrected chi connectivity index (χ3v) is 6.00. The van der Waals surface area contributed by atoms with Gasteiger partial charge >= 0.3 is 0 Å². The number of hydrogen-bond donors (Lipinski definition) is 2. The van der Waals surface area contributed by atoms with Crippen LogP contribution in [0.2, 0.25) is 0 Å². The summed E-state index contributed by atoms with van der Waals surface area (Å²) in [7, 11) is 0. The first-order valence-corrected chi connectivity index (χ1v) is 10.1. The van der Waals surface area contributed by atoms with Crippen LogP contribution in [-0.4, -0.2) is 20.2 Å². The van der Waals surface area contributed by atoms with E-state index in [0.29, 0.717) is 16.7 Å². The molecule has 2 heterocycles. The highest BCUT2D eigenvalue weighted by molar-refractivity contribution is 8.01. The molecule has 0 spiro atoms. The number of aryl methyl sites for hydroxylation is 1. The molecule has 0 bridgehead atoms. The number of para-hydroxylation sites is 1. The van der Waals surface area contributed by atoms with Gasteiger partial charge in [-0.2, -0.15) is 0 Å². The first kappa shape index (κ1) is 17.7. The van der Waals surface area contributed by atoms with E-state index in [2.05, 4.69) is 31.5 Å². The third kappa shape index (κ3) is 4.01. The average molecular weight is 396 g/mol. The van der Waals surface area contributed by atoms with Gasteiger partial charge in [0, 0.05) is 5.69 Å². The lowest BCUT2D eigenvalue weighted by Gasteiger charge is -2.08. The van der Waals surface area contributed by atoms with Crippen LogP contribution in [-0.2, 0) is 0 Å². The summed E-state index contributed by atoms with van der Waals surface area (Å²) in [6, 6.07) is 15.4. The Morgan fingerprint density at radius 2 is 2.00 bits per heavy atom. The topological polar surface area (TPSA) is 83.6 Å². The number of fused-ring (bicyclic) bond motifs is 1. The van der Waals surface area contributed by atoms with Gasteiger partial charge in [0.05, 0.1) is 16.2 Å². The fourth-order valence-corrected chi connectivity index (χ4v) is 4.63. The number of H-pyrrole nitrogens is 1. The molecule has 0 saturated heterocycles. The molecule has 0 aliphatic rings. The summed E-state index contributed by atoms with van der Waals surface area (Å²) in [5.74, 6) is 0.632. The van der Waals surface area contributed by atoms with E-state index in [1.54, 1.807) is 6.07 Å². The van der Waals surface area contributed by atoms with E-state index >= 15 is 0 Å². The average Bonchev–Trinajstić information content (AvgIpc) is 3.08. The van der Waals surface area contributed by atoms with Crippen molar-refractivity contribution in [2.75, 3.05) is 5.32 Å². The van der Waals surface area contributed by atoms with Crippen LogP contribution in [0.1, 0.15) is 23.6 Å². The van der Waals surface area contributed by atoms with Crippen molar-refractivity contribution in [1.82, 2.24) is 20.2 Å². The molecule has 0 aliphatic heterocycles. The fourth-order valence-electron chi connectivity index (χ4n) is 2.66. The van der Waals surface area contributed by atoms with Crippen molar-refractivity contribution in [3.8, 4) is 0 Å². The van der Waals surface area contributed by atoms with Crippen molar-refractivity contribution >= 4 is 44.8 Å². The molecular formula is C19H17N5OS2. The van der Waals surface area contributed by atoms with Crippen LogP contribution in [0.15, 0.2) is 57.7 Å². The van der Waals surface area contributed by atoms with E-state index in [4.69, 9.17) is 0 Å². The lowest BCUT2D eigenvalue weighted by molar-refractivity contribution is 0.916. The van der Waals surface area contributed by atoms with Crippen LogP contribution >= 0.6 is 23.1 Å². The molecule has 0 amide bonds. The molecule has 2 N–H and O–H groups in total. The normalized spacial score (nSPS) is 12.2. The highest BCUT2D eigenvalue weighted by Gasteiger charge is 2.15. The minimum atomic E-state index is -0.123. The summed E-state index contributed by atoms with van der Waals surface area (Å²) in [6.07, 6.45) is 0. The Morgan fingerprint density at radius 1 is 1.15 bits per heavy atom. The van der Waals surface area contributed by atoms with E-state index in [0.717, 1.165) is 15.2 Å². The maximum Gasteiger partial charge on any atom is 0.258 e. The zero-order valence-corrected chi connectivity index (χ0v) is 16.4. The number of benzene rings is 2. The van der Waals surface area contributed by atoms with E-state index < -0.39 is 0 Å². The number of anilines is 2. The second kappa shape index (κ2) is 7.50. The number of thioether (sulfide) groups is 1. The fraction of sp³-hybridized carbons (Fsp3) is 0.158. The van der Waals surface area contributed by atoms with Crippen molar-refractivity contribution < 1.29 is 0 Å². The number of nitrogens with one attached hydrogen (secondary N) is 2. The number of hydrogen-bond acceptors (Lipinski definition) is 7.